The summed E-state index contributed by atoms with van der Waals surface area (Å²) in [6.45, 7) is 6.27. The van der Waals surface area contributed by atoms with E-state index in [0.717, 1.165) is 35.3 Å². The highest BCUT2D eigenvalue weighted by Crippen LogP contribution is 2.23. The van der Waals surface area contributed by atoms with Gasteiger partial charge in [-0.3, -0.25) is 4.79 Å². The van der Waals surface area contributed by atoms with Crippen molar-refractivity contribution < 1.29 is 4.79 Å². The number of nitrogens with one attached hydrogen (secondary N) is 1. The van der Waals surface area contributed by atoms with Gasteiger partial charge in [-0.2, -0.15) is 10.2 Å². The Morgan fingerprint density at radius 3 is 2.81 bits per heavy atom. The number of pyridine rings is 1. The van der Waals surface area contributed by atoms with Crippen LogP contribution in [0.5, 0.6) is 0 Å². The van der Waals surface area contributed by atoms with Crippen LogP contribution in [0.1, 0.15) is 44.1 Å². The average molecular weight is 284 g/mol. The molecule has 2 aromatic heterocycles. The SMILES string of the molecule is CCc1cc2c(C3=NNC(=O)CC3C)ccc(CC)n2n1. The summed E-state index contributed by atoms with van der Waals surface area (Å²) >= 11 is 0. The molecule has 2 aromatic rings. The summed E-state index contributed by atoms with van der Waals surface area (Å²) in [6.07, 6.45) is 2.32. The van der Waals surface area contributed by atoms with Crippen LogP contribution in [0.15, 0.2) is 23.3 Å². The number of hydrogen-bond donors (Lipinski definition) is 1. The smallest absolute Gasteiger partial charge is 0.240 e. The normalized spacial score (nSPS) is 18.7. The maximum absolute atomic E-state index is 11.4. The number of fused-ring (bicyclic) bond motifs is 1. The van der Waals surface area contributed by atoms with Crippen LogP contribution in [-0.2, 0) is 17.6 Å². The average Bonchev–Trinajstić information content (AvgIpc) is 2.91. The molecule has 0 fully saturated rings. The molecule has 0 spiro atoms. The molecule has 5 heteroatoms. The summed E-state index contributed by atoms with van der Waals surface area (Å²) in [6, 6.07) is 6.32. The number of aromatic nitrogens is 2. The molecule has 0 aliphatic carbocycles. The van der Waals surface area contributed by atoms with E-state index >= 15 is 0 Å². The topological polar surface area (TPSA) is 58.8 Å². The summed E-state index contributed by atoms with van der Waals surface area (Å²) in [5.74, 6) is 0.102. The monoisotopic (exact) mass is 284 g/mol. The Morgan fingerprint density at radius 2 is 2.14 bits per heavy atom. The molecule has 1 aliphatic rings. The first kappa shape index (κ1) is 13.8. The second-order valence-corrected chi connectivity index (χ2v) is 5.52. The van der Waals surface area contributed by atoms with Crippen molar-refractivity contribution in [2.75, 3.05) is 0 Å². The third-order valence-corrected chi connectivity index (χ3v) is 4.01. The number of rotatable bonds is 3. The number of hydrazone groups is 1. The fourth-order valence-corrected chi connectivity index (χ4v) is 2.81. The van der Waals surface area contributed by atoms with E-state index in [1.165, 1.54) is 5.69 Å². The quantitative estimate of drug-likeness (QED) is 0.940. The molecule has 1 atom stereocenters. The molecule has 0 aromatic carbocycles. The molecule has 21 heavy (non-hydrogen) atoms. The van der Waals surface area contributed by atoms with E-state index < -0.39 is 0 Å². The van der Waals surface area contributed by atoms with Gasteiger partial charge in [0, 0.05) is 23.6 Å². The van der Waals surface area contributed by atoms with Gasteiger partial charge in [-0.25, -0.2) is 9.94 Å². The van der Waals surface area contributed by atoms with E-state index in [9.17, 15) is 4.79 Å². The van der Waals surface area contributed by atoms with Crippen molar-refractivity contribution in [3.05, 3.63) is 35.2 Å². The minimum absolute atomic E-state index is 0.0183. The molecule has 5 nitrogen and oxygen atoms in total. The molecular weight excluding hydrogens is 264 g/mol. The Kier molecular flexibility index (Phi) is 3.49. The van der Waals surface area contributed by atoms with E-state index in [1.54, 1.807) is 0 Å². The van der Waals surface area contributed by atoms with E-state index in [4.69, 9.17) is 0 Å². The van der Waals surface area contributed by atoms with Crippen molar-refractivity contribution in [3.63, 3.8) is 0 Å². The first-order chi connectivity index (χ1) is 10.1. The maximum atomic E-state index is 11.4. The standard InChI is InChI=1S/C16H20N4O/c1-4-11-9-14-13(7-6-12(5-2)20(14)19-11)16-10(3)8-15(21)17-18-16/h6-7,9-10H,4-5,8H2,1-3H3,(H,17,21). The fourth-order valence-electron chi connectivity index (χ4n) is 2.81. The number of aryl methyl sites for hydroxylation is 2. The van der Waals surface area contributed by atoms with Gasteiger partial charge in [0.05, 0.1) is 16.9 Å². The summed E-state index contributed by atoms with van der Waals surface area (Å²) in [5.41, 5.74) is 7.92. The van der Waals surface area contributed by atoms with Crippen LogP contribution in [0.25, 0.3) is 5.52 Å². The lowest BCUT2D eigenvalue weighted by atomic mass is 9.93. The van der Waals surface area contributed by atoms with Crippen molar-refractivity contribution >= 4 is 17.1 Å². The maximum Gasteiger partial charge on any atom is 0.240 e. The zero-order chi connectivity index (χ0) is 15.0. The van der Waals surface area contributed by atoms with Crippen molar-refractivity contribution in [2.24, 2.45) is 11.0 Å². The van der Waals surface area contributed by atoms with Crippen molar-refractivity contribution in [1.29, 1.82) is 0 Å². The summed E-state index contributed by atoms with van der Waals surface area (Å²) in [5, 5.41) is 8.95. The largest absolute Gasteiger partial charge is 0.273 e. The minimum Gasteiger partial charge on any atom is -0.273 e. The van der Waals surface area contributed by atoms with Crippen LogP contribution in [-0.4, -0.2) is 21.2 Å². The molecule has 3 rings (SSSR count). The number of carbonyl (C=O) groups is 1. The lowest BCUT2D eigenvalue weighted by Crippen LogP contribution is -2.32. The molecule has 0 saturated carbocycles. The van der Waals surface area contributed by atoms with Crippen LogP contribution < -0.4 is 5.43 Å². The number of hydrogen-bond acceptors (Lipinski definition) is 3. The number of amides is 1. The highest BCUT2D eigenvalue weighted by atomic mass is 16.2. The Balaban J connectivity index is 2.19. The van der Waals surface area contributed by atoms with Gasteiger partial charge in [-0.1, -0.05) is 20.8 Å². The van der Waals surface area contributed by atoms with Gasteiger partial charge >= 0.3 is 0 Å². The van der Waals surface area contributed by atoms with Crippen molar-refractivity contribution in [2.45, 2.75) is 40.0 Å². The van der Waals surface area contributed by atoms with E-state index in [-0.39, 0.29) is 11.8 Å². The van der Waals surface area contributed by atoms with Crippen LogP contribution in [0.2, 0.25) is 0 Å². The van der Waals surface area contributed by atoms with Gasteiger partial charge in [0.25, 0.3) is 0 Å². The Bertz CT molecular complexity index is 729. The third kappa shape index (κ3) is 2.33. The summed E-state index contributed by atoms with van der Waals surface area (Å²) < 4.78 is 2.01. The molecule has 1 aliphatic heterocycles. The lowest BCUT2D eigenvalue weighted by Gasteiger charge is -2.20. The lowest BCUT2D eigenvalue weighted by molar-refractivity contribution is -0.121. The Morgan fingerprint density at radius 1 is 1.33 bits per heavy atom. The molecule has 1 amide bonds. The molecule has 1 unspecified atom stereocenters. The van der Waals surface area contributed by atoms with E-state index in [0.29, 0.717) is 6.42 Å². The van der Waals surface area contributed by atoms with Crippen LogP contribution >= 0.6 is 0 Å². The highest BCUT2D eigenvalue weighted by Gasteiger charge is 2.24. The molecule has 110 valence electrons. The van der Waals surface area contributed by atoms with Crippen LogP contribution in [0.4, 0.5) is 0 Å². The van der Waals surface area contributed by atoms with Gasteiger partial charge in [0.15, 0.2) is 0 Å². The second-order valence-electron chi connectivity index (χ2n) is 5.52. The van der Waals surface area contributed by atoms with Gasteiger partial charge < -0.3 is 0 Å². The number of nitrogens with zero attached hydrogens (tertiary/aromatic N) is 3. The van der Waals surface area contributed by atoms with Gasteiger partial charge in [0.2, 0.25) is 5.91 Å². The summed E-state index contributed by atoms with van der Waals surface area (Å²) in [7, 11) is 0. The molecular formula is C16H20N4O. The zero-order valence-electron chi connectivity index (χ0n) is 12.7. The Labute approximate surface area is 124 Å². The molecule has 3 heterocycles. The minimum atomic E-state index is -0.0183. The molecule has 0 saturated heterocycles. The van der Waals surface area contributed by atoms with Gasteiger partial charge in [-0.05, 0) is 31.0 Å². The third-order valence-electron chi connectivity index (χ3n) is 4.01. The van der Waals surface area contributed by atoms with E-state index in [2.05, 4.69) is 47.7 Å². The van der Waals surface area contributed by atoms with Crippen LogP contribution in [0.3, 0.4) is 0 Å². The molecule has 0 radical (unpaired) electrons. The Hall–Kier alpha value is -2.17. The zero-order valence-corrected chi connectivity index (χ0v) is 12.7. The predicted molar refractivity (Wildman–Crippen MR) is 82.4 cm³/mol. The van der Waals surface area contributed by atoms with Gasteiger partial charge in [-0.15, -0.1) is 0 Å². The van der Waals surface area contributed by atoms with Crippen molar-refractivity contribution in [1.82, 2.24) is 15.0 Å². The van der Waals surface area contributed by atoms with Gasteiger partial charge in [0.1, 0.15) is 0 Å². The second kappa shape index (κ2) is 5.31. The predicted octanol–water partition coefficient (Wildman–Crippen LogP) is 2.32. The van der Waals surface area contributed by atoms with Crippen molar-refractivity contribution in [3.8, 4) is 0 Å². The summed E-state index contributed by atoms with van der Waals surface area (Å²) in [4.78, 5) is 11.4. The number of carbonyl (C=O) groups excluding carboxylic acids is 1. The van der Waals surface area contributed by atoms with Crippen LogP contribution in [0, 0.1) is 5.92 Å². The molecule has 0 bridgehead atoms. The fraction of sp³-hybridized carbons (Fsp3) is 0.438. The highest BCUT2D eigenvalue weighted by molar-refractivity contribution is 6.10. The first-order valence-corrected chi connectivity index (χ1v) is 7.51. The first-order valence-electron chi connectivity index (χ1n) is 7.51. The van der Waals surface area contributed by atoms with E-state index in [1.807, 2.05) is 11.4 Å². The molecule has 1 N–H and O–H groups in total.